The summed E-state index contributed by atoms with van der Waals surface area (Å²) in [5, 5.41) is 9.71. The first kappa shape index (κ1) is 22.5. The van der Waals surface area contributed by atoms with Gasteiger partial charge in [-0.15, -0.1) is 0 Å². The van der Waals surface area contributed by atoms with E-state index in [4.69, 9.17) is 4.74 Å². The van der Waals surface area contributed by atoms with E-state index in [1.54, 1.807) is 0 Å². The second kappa shape index (κ2) is 10.5. The molecule has 0 aromatic heterocycles. The highest BCUT2D eigenvalue weighted by molar-refractivity contribution is 5.66. The fourth-order valence-electron chi connectivity index (χ4n) is 4.62. The molecule has 2 aliphatic carbocycles. The van der Waals surface area contributed by atoms with E-state index in [2.05, 4.69) is 41.5 Å². The molecule has 25 heavy (non-hydrogen) atoms. The number of rotatable bonds is 3. The smallest absolute Gasteiger partial charge is 0.302 e. The van der Waals surface area contributed by atoms with E-state index in [1.807, 2.05) is 0 Å². The Balaban J connectivity index is 0.000000257. The summed E-state index contributed by atoms with van der Waals surface area (Å²) >= 11 is 0. The van der Waals surface area contributed by atoms with Gasteiger partial charge in [0.05, 0.1) is 6.10 Å². The first-order valence-electron chi connectivity index (χ1n) is 10.5. The average molecular weight is 355 g/mol. The summed E-state index contributed by atoms with van der Waals surface area (Å²) in [6.45, 7) is 14.9. The molecule has 0 aromatic rings. The lowest BCUT2D eigenvalue weighted by Crippen LogP contribution is -2.35. The lowest BCUT2D eigenvalue weighted by atomic mass is 9.75. The van der Waals surface area contributed by atoms with E-state index < -0.39 is 0 Å². The molecule has 2 saturated carbocycles. The van der Waals surface area contributed by atoms with Crippen LogP contribution in [-0.4, -0.2) is 23.3 Å². The Morgan fingerprint density at radius 3 is 1.80 bits per heavy atom. The number of aliphatic hydroxyl groups excluding tert-OH is 1. The molecule has 0 aliphatic heterocycles. The molecule has 2 fully saturated rings. The van der Waals surface area contributed by atoms with E-state index in [0.29, 0.717) is 29.6 Å². The summed E-state index contributed by atoms with van der Waals surface area (Å²) < 4.78 is 5.40. The third kappa shape index (κ3) is 7.68. The SMILES string of the molecule is CC(=O)OC1CC(C)CCC1C(C)C.CC1CCC(C(C)C)C(O)C1. The van der Waals surface area contributed by atoms with Gasteiger partial charge in [-0.25, -0.2) is 0 Å². The molecule has 0 radical (unpaired) electrons. The first-order valence-corrected chi connectivity index (χ1v) is 10.5. The van der Waals surface area contributed by atoms with Crippen molar-refractivity contribution in [1.29, 1.82) is 0 Å². The molecule has 0 spiro atoms. The Bertz CT molecular complexity index is 391. The molecule has 148 valence electrons. The summed E-state index contributed by atoms with van der Waals surface area (Å²) in [6.07, 6.45) is 7.21. The molecule has 3 nitrogen and oxygen atoms in total. The highest BCUT2D eigenvalue weighted by Crippen LogP contribution is 2.35. The normalized spacial score (nSPS) is 35.9. The second-order valence-electron chi connectivity index (χ2n) is 9.37. The Morgan fingerprint density at radius 2 is 1.36 bits per heavy atom. The Kier molecular flexibility index (Phi) is 9.48. The van der Waals surface area contributed by atoms with E-state index in [0.717, 1.165) is 18.8 Å². The predicted octanol–water partition coefficient (Wildman–Crippen LogP) is 5.45. The van der Waals surface area contributed by atoms with Crippen LogP contribution in [0.5, 0.6) is 0 Å². The third-order valence-electron chi connectivity index (χ3n) is 6.27. The summed E-state index contributed by atoms with van der Waals surface area (Å²) in [7, 11) is 0. The van der Waals surface area contributed by atoms with Gasteiger partial charge in [0.2, 0.25) is 0 Å². The van der Waals surface area contributed by atoms with Crippen LogP contribution < -0.4 is 0 Å². The van der Waals surface area contributed by atoms with Crippen LogP contribution in [0.25, 0.3) is 0 Å². The number of ether oxygens (including phenoxy) is 1. The summed E-state index contributed by atoms with van der Waals surface area (Å²) in [4.78, 5) is 11.0. The number of esters is 1. The monoisotopic (exact) mass is 354 g/mol. The number of hydrogen-bond donors (Lipinski definition) is 1. The zero-order chi connectivity index (χ0) is 19.1. The summed E-state index contributed by atoms with van der Waals surface area (Å²) in [5.41, 5.74) is 0. The molecule has 2 rings (SSSR count). The van der Waals surface area contributed by atoms with Crippen LogP contribution in [0.1, 0.15) is 87.0 Å². The minimum absolute atomic E-state index is 0.0289. The second-order valence-corrected chi connectivity index (χ2v) is 9.37. The average Bonchev–Trinajstić information content (AvgIpc) is 2.46. The van der Waals surface area contributed by atoms with Crippen molar-refractivity contribution in [2.24, 2.45) is 35.5 Å². The molecular weight excluding hydrogens is 312 g/mol. The molecule has 0 heterocycles. The minimum Gasteiger partial charge on any atom is -0.462 e. The minimum atomic E-state index is -0.130. The van der Waals surface area contributed by atoms with E-state index in [9.17, 15) is 9.90 Å². The van der Waals surface area contributed by atoms with Gasteiger partial charge in [-0.1, -0.05) is 54.4 Å². The van der Waals surface area contributed by atoms with Crippen molar-refractivity contribution in [2.45, 2.75) is 99.2 Å². The topological polar surface area (TPSA) is 46.5 Å². The lowest BCUT2D eigenvalue weighted by Gasteiger charge is -2.36. The van der Waals surface area contributed by atoms with Gasteiger partial charge in [-0.3, -0.25) is 4.79 Å². The maximum Gasteiger partial charge on any atom is 0.302 e. The van der Waals surface area contributed by atoms with Crippen molar-refractivity contribution in [3.63, 3.8) is 0 Å². The van der Waals surface area contributed by atoms with Crippen molar-refractivity contribution in [2.75, 3.05) is 0 Å². The largest absolute Gasteiger partial charge is 0.462 e. The number of carbonyl (C=O) groups excluding carboxylic acids is 1. The van der Waals surface area contributed by atoms with E-state index in [-0.39, 0.29) is 18.2 Å². The number of aliphatic hydroxyl groups is 1. The van der Waals surface area contributed by atoms with Gasteiger partial charge < -0.3 is 9.84 Å². The van der Waals surface area contributed by atoms with Crippen LogP contribution in [0, 0.1) is 35.5 Å². The van der Waals surface area contributed by atoms with Crippen molar-refractivity contribution in [3.8, 4) is 0 Å². The Hall–Kier alpha value is -0.570. The highest BCUT2D eigenvalue weighted by atomic mass is 16.5. The zero-order valence-electron chi connectivity index (χ0n) is 17.6. The standard InChI is InChI=1S/C12H22O2.C10H20O/c1-8(2)11-6-5-9(3)7-12(11)14-10(4)13;1-7(2)9-5-4-8(3)6-10(9)11/h8-9,11-12H,5-7H2,1-4H3;7-11H,4-6H2,1-3H3. The fourth-order valence-corrected chi connectivity index (χ4v) is 4.62. The van der Waals surface area contributed by atoms with Crippen LogP contribution in [0.2, 0.25) is 0 Å². The molecular formula is C22H42O3. The van der Waals surface area contributed by atoms with Crippen LogP contribution in [0.15, 0.2) is 0 Å². The zero-order valence-corrected chi connectivity index (χ0v) is 17.6. The lowest BCUT2D eigenvalue weighted by molar-refractivity contribution is -0.153. The van der Waals surface area contributed by atoms with Crippen LogP contribution in [0.4, 0.5) is 0 Å². The maximum atomic E-state index is 11.0. The number of carbonyl (C=O) groups is 1. The molecule has 6 unspecified atom stereocenters. The van der Waals surface area contributed by atoms with Crippen molar-refractivity contribution < 1.29 is 14.6 Å². The van der Waals surface area contributed by atoms with Crippen molar-refractivity contribution in [3.05, 3.63) is 0 Å². The molecule has 0 amide bonds. The van der Waals surface area contributed by atoms with Crippen LogP contribution in [0.3, 0.4) is 0 Å². The van der Waals surface area contributed by atoms with Gasteiger partial charge in [0.15, 0.2) is 0 Å². The van der Waals surface area contributed by atoms with Gasteiger partial charge in [-0.05, 0) is 61.2 Å². The Morgan fingerprint density at radius 1 is 0.880 bits per heavy atom. The third-order valence-corrected chi connectivity index (χ3v) is 6.27. The molecule has 0 aromatic carbocycles. The van der Waals surface area contributed by atoms with Crippen LogP contribution in [-0.2, 0) is 9.53 Å². The fraction of sp³-hybridized carbons (Fsp3) is 0.955. The summed E-state index contributed by atoms with van der Waals surface area (Å²) in [6, 6.07) is 0. The highest BCUT2D eigenvalue weighted by Gasteiger charge is 2.32. The quantitative estimate of drug-likeness (QED) is 0.685. The molecule has 6 atom stereocenters. The predicted molar refractivity (Wildman–Crippen MR) is 104 cm³/mol. The van der Waals surface area contributed by atoms with Gasteiger partial charge in [-0.2, -0.15) is 0 Å². The molecule has 0 bridgehead atoms. The molecule has 3 heteroatoms. The summed E-state index contributed by atoms with van der Waals surface area (Å²) in [5.74, 6) is 3.70. The van der Waals surface area contributed by atoms with Gasteiger partial charge in [0, 0.05) is 6.92 Å². The molecule has 1 N–H and O–H groups in total. The molecule has 0 saturated heterocycles. The molecule has 2 aliphatic rings. The van der Waals surface area contributed by atoms with Gasteiger partial charge in [0.1, 0.15) is 6.10 Å². The van der Waals surface area contributed by atoms with Crippen LogP contribution >= 0.6 is 0 Å². The first-order chi connectivity index (χ1) is 11.6. The van der Waals surface area contributed by atoms with Crippen molar-refractivity contribution >= 4 is 5.97 Å². The van der Waals surface area contributed by atoms with E-state index >= 15 is 0 Å². The van der Waals surface area contributed by atoms with Gasteiger partial charge >= 0.3 is 5.97 Å². The maximum absolute atomic E-state index is 11.0. The van der Waals surface area contributed by atoms with Gasteiger partial charge in [0.25, 0.3) is 0 Å². The number of hydrogen-bond acceptors (Lipinski definition) is 3. The Labute approximate surface area is 155 Å². The van der Waals surface area contributed by atoms with E-state index in [1.165, 1.54) is 32.6 Å². The van der Waals surface area contributed by atoms with Crippen molar-refractivity contribution in [1.82, 2.24) is 0 Å².